The van der Waals surface area contributed by atoms with Gasteiger partial charge in [-0.25, -0.2) is 0 Å². The fourth-order valence-corrected chi connectivity index (χ4v) is 3.86. The first-order valence-electron chi connectivity index (χ1n) is 16.3. The van der Waals surface area contributed by atoms with Crippen LogP contribution in [0.25, 0.3) is 11.5 Å². The Bertz CT molecular complexity index is 936. The molecular formula is C36H62N6O4Y2-4. The van der Waals surface area contributed by atoms with Crippen LogP contribution in [0.15, 0.2) is 48.5 Å². The standard InChI is InChI=1S/2C12H13N2O2.2C3H8.2C2H6.2CH4N.2Y/c2*15-9-13-7-12(16)14-6-5-10-3-1-2-4-11(10)8-14;2*1-3-2;4*1-2;;/h2*1-4H,5-8H2,(H,13,15);2*3H2,1-2H3;2*1-2H3;2*2H,1H3;;/q2*-1;;;;;2*-1;;. The van der Waals surface area contributed by atoms with E-state index in [1.54, 1.807) is 9.80 Å². The molecule has 0 saturated carbocycles. The van der Waals surface area contributed by atoms with Gasteiger partial charge in [-0.2, -0.15) is 26.9 Å². The minimum Gasteiger partial charge on any atom is -0.680 e. The number of benzene rings is 2. The van der Waals surface area contributed by atoms with Crippen molar-refractivity contribution >= 4 is 24.6 Å². The SMILES string of the molecule is CC.CC.CCC.CCC.C[NH-].C[NH-].O=[C-]NCC(=O)N1CCc2ccccc2C1.O=[C-]NCC(=O)N1CCc2ccccc2C1.[Y].[Y]. The second kappa shape index (κ2) is 45.4. The smallest absolute Gasteiger partial charge is 0.239 e. The van der Waals surface area contributed by atoms with E-state index in [0.29, 0.717) is 13.1 Å². The molecule has 2 radical (unpaired) electrons. The van der Waals surface area contributed by atoms with Gasteiger partial charge in [0.05, 0.1) is 13.1 Å². The molecular weight excluding hydrogens is 758 g/mol. The second-order valence-electron chi connectivity index (χ2n) is 8.99. The first kappa shape index (κ1) is 58.6. The average Bonchev–Trinajstić information content (AvgIpc) is 3.13. The maximum absolute atomic E-state index is 11.7. The van der Waals surface area contributed by atoms with Gasteiger partial charge in [-0.3, -0.25) is 9.59 Å². The third kappa shape index (κ3) is 28.3. The van der Waals surface area contributed by atoms with Crippen molar-refractivity contribution in [3.8, 4) is 0 Å². The van der Waals surface area contributed by atoms with Crippen molar-refractivity contribution < 1.29 is 84.6 Å². The van der Waals surface area contributed by atoms with Crippen LogP contribution in [0.3, 0.4) is 0 Å². The molecule has 12 heteroatoms. The van der Waals surface area contributed by atoms with Gasteiger partial charge in [0, 0.05) is 91.6 Å². The monoisotopic (exact) mass is 820 g/mol. The Morgan fingerprint density at radius 3 is 1.10 bits per heavy atom. The first-order valence-corrected chi connectivity index (χ1v) is 16.3. The van der Waals surface area contributed by atoms with Crippen molar-refractivity contribution in [1.29, 1.82) is 0 Å². The van der Waals surface area contributed by atoms with Crippen molar-refractivity contribution in [2.75, 3.05) is 40.3 Å². The summed E-state index contributed by atoms with van der Waals surface area (Å²) >= 11 is 0. The number of hydrogen-bond donors (Lipinski definition) is 2. The summed E-state index contributed by atoms with van der Waals surface area (Å²) in [7, 11) is 2.50. The number of nitrogens with zero attached hydrogens (tertiary/aromatic N) is 2. The van der Waals surface area contributed by atoms with Gasteiger partial charge in [-0.15, -0.1) is 0 Å². The van der Waals surface area contributed by atoms with E-state index in [1.165, 1.54) is 62.0 Å². The summed E-state index contributed by atoms with van der Waals surface area (Å²) in [4.78, 5) is 46.8. The Kier molecular flexibility index (Phi) is 55.5. The molecule has 0 aliphatic carbocycles. The van der Waals surface area contributed by atoms with Gasteiger partial charge < -0.3 is 41.5 Å². The number of hydrogen-bond acceptors (Lipinski definition) is 4. The summed E-state index contributed by atoms with van der Waals surface area (Å²) in [6, 6.07) is 16.2. The van der Waals surface area contributed by atoms with Crippen LogP contribution in [-0.4, -0.2) is 74.7 Å². The van der Waals surface area contributed by atoms with Crippen LogP contribution in [0.2, 0.25) is 0 Å². The Hall–Kier alpha value is -1.55. The molecule has 4 rings (SSSR count). The van der Waals surface area contributed by atoms with E-state index in [1.807, 2.05) is 64.1 Å². The molecule has 0 fully saturated rings. The minimum atomic E-state index is -0.0575. The predicted octanol–water partition coefficient (Wildman–Crippen LogP) is 6.67. The maximum atomic E-state index is 11.7. The molecule has 4 amide bonds. The molecule has 4 N–H and O–H groups in total. The largest absolute Gasteiger partial charge is 0.680 e. The van der Waals surface area contributed by atoms with Crippen molar-refractivity contribution in [1.82, 2.24) is 20.4 Å². The van der Waals surface area contributed by atoms with Crippen molar-refractivity contribution in [2.24, 2.45) is 0 Å². The van der Waals surface area contributed by atoms with E-state index in [4.69, 9.17) is 11.5 Å². The van der Waals surface area contributed by atoms with Crippen LogP contribution in [0.5, 0.6) is 0 Å². The molecule has 270 valence electrons. The van der Waals surface area contributed by atoms with Crippen LogP contribution >= 0.6 is 0 Å². The van der Waals surface area contributed by atoms with E-state index >= 15 is 0 Å². The zero-order valence-corrected chi connectivity index (χ0v) is 37.0. The number of fused-ring (bicyclic) bond motifs is 2. The quantitative estimate of drug-likeness (QED) is 0.248. The van der Waals surface area contributed by atoms with Gasteiger partial charge in [-0.05, 0) is 35.1 Å². The maximum Gasteiger partial charge on any atom is 0.239 e. The van der Waals surface area contributed by atoms with Crippen molar-refractivity contribution in [2.45, 2.75) is 94.2 Å². The van der Waals surface area contributed by atoms with E-state index in [2.05, 4.69) is 50.5 Å². The Morgan fingerprint density at radius 1 is 0.604 bits per heavy atom. The molecule has 0 spiro atoms. The molecule has 2 heterocycles. The molecule has 48 heavy (non-hydrogen) atoms. The molecule has 2 aromatic carbocycles. The summed E-state index contributed by atoms with van der Waals surface area (Å²) in [5.74, 6) is -0.115. The van der Waals surface area contributed by atoms with Gasteiger partial charge >= 0.3 is 0 Å². The molecule has 0 atom stereocenters. The van der Waals surface area contributed by atoms with Gasteiger partial charge in [0.2, 0.25) is 11.8 Å². The van der Waals surface area contributed by atoms with Crippen LogP contribution < -0.4 is 10.6 Å². The van der Waals surface area contributed by atoms with Gasteiger partial charge in [-0.1, -0.05) is 117 Å². The van der Waals surface area contributed by atoms with E-state index in [9.17, 15) is 19.2 Å². The molecule has 0 saturated heterocycles. The number of carbonyl (C=O) groups is 2. The molecule has 0 unspecified atom stereocenters. The van der Waals surface area contributed by atoms with Gasteiger partial charge in [0.15, 0.2) is 0 Å². The van der Waals surface area contributed by atoms with E-state index in [-0.39, 0.29) is 90.3 Å². The number of nitrogens with one attached hydrogen (secondary N) is 4. The topological polar surface area (TPSA) is 146 Å². The van der Waals surface area contributed by atoms with Crippen molar-refractivity contribution in [3.05, 3.63) is 82.3 Å². The predicted molar refractivity (Wildman–Crippen MR) is 194 cm³/mol. The summed E-state index contributed by atoms with van der Waals surface area (Å²) < 4.78 is 0. The van der Waals surface area contributed by atoms with Crippen LogP contribution in [-0.2, 0) is 111 Å². The minimum absolute atomic E-state index is 0. The van der Waals surface area contributed by atoms with E-state index < -0.39 is 0 Å². The second-order valence-corrected chi connectivity index (χ2v) is 8.99. The molecule has 2 aromatic rings. The third-order valence-electron chi connectivity index (χ3n) is 5.59. The third-order valence-corrected chi connectivity index (χ3v) is 5.59. The molecule has 2 aliphatic heterocycles. The zero-order valence-electron chi connectivity index (χ0n) is 31.4. The molecule has 0 aromatic heterocycles. The average molecular weight is 821 g/mol. The van der Waals surface area contributed by atoms with Gasteiger partial charge in [0.1, 0.15) is 0 Å². The number of amides is 4. The van der Waals surface area contributed by atoms with Crippen LogP contribution in [0.4, 0.5) is 0 Å². The fraction of sp³-hybridized carbons (Fsp3) is 0.556. The summed E-state index contributed by atoms with van der Waals surface area (Å²) in [5.41, 5.74) is 16.5. The fourth-order valence-electron chi connectivity index (χ4n) is 3.86. The zero-order chi connectivity index (χ0) is 36.2. The Morgan fingerprint density at radius 2 is 0.854 bits per heavy atom. The summed E-state index contributed by atoms with van der Waals surface area (Å²) in [5, 5.41) is 4.55. The van der Waals surface area contributed by atoms with Crippen LogP contribution in [0.1, 0.15) is 90.5 Å². The number of carbonyl (C=O) groups excluding carboxylic acids is 4. The normalized spacial score (nSPS) is 10.7. The first-order chi connectivity index (χ1) is 22.4. The van der Waals surface area contributed by atoms with Gasteiger partial charge in [0.25, 0.3) is 0 Å². The van der Waals surface area contributed by atoms with Crippen LogP contribution in [0, 0.1) is 0 Å². The Balaban J connectivity index is -0.000000130. The molecule has 10 nitrogen and oxygen atoms in total. The Labute approximate surface area is 343 Å². The molecule has 2 aliphatic rings. The molecule has 0 bridgehead atoms. The summed E-state index contributed by atoms with van der Waals surface area (Å²) in [6.45, 7) is 19.3. The number of rotatable bonds is 6. The van der Waals surface area contributed by atoms with Crippen molar-refractivity contribution in [3.63, 3.8) is 0 Å². The summed E-state index contributed by atoms with van der Waals surface area (Å²) in [6.07, 6.45) is 7.28. The van der Waals surface area contributed by atoms with E-state index in [0.717, 1.165) is 25.9 Å².